The van der Waals surface area contributed by atoms with Crippen LogP contribution in [0.15, 0.2) is 42.6 Å². The number of halogens is 3. The smallest absolute Gasteiger partial charge is 0.339 e. The summed E-state index contributed by atoms with van der Waals surface area (Å²) in [6.45, 7) is 3.75. The highest BCUT2D eigenvalue weighted by molar-refractivity contribution is 5.90. The number of fused-ring (bicyclic) bond motifs is 1. The van der Waals surface area contributed by atoms with E-state index in [1.54, 1.807) is 10.7 Å². The molecule has 0 radical (unpaired) electrons. The lowest BCUT2D eigenvalue weighted by Gasteiger charge is -2.12. The third-order valence-corrected chi connectivity index (χ3v) is 4.36. The minimum Gasteiger partial charge on any atom is -0.339 e. The molecule has 0 spiro atoms. The highest BCUT2D eigenvalue weighted by atomic mass is 19.4. The van der Waals surface area contributed by atoms with Gasteiger partial charge in [-0.15, -0.1) is 0 Å². The minimum absolute atomic E-state index is 0.290. The van der Waals surface area contributed by atoms with Crippen LogP contribution in [0.3, 0.4) is 0 Å². The fraction of sp³-hybridized carbons (Fsp3) is 0.211. The van der Waals surface area contributed by atoms with E-state index < -0.39 is 11.7 Å². The number of nitrogens with one attached hydrogen (secondary N) is 1. The summed E-state index contributed by atoms with van der Waals surface area (Å²) in [5.74, 6) is 0.752. The maximum atomic E-state index is 13.0. The van der Waals surface area contributed by atoms with Gasteiger partial charge in [0.05, 0.1) is 16.6 Å². The van der Waals surface area contributed by atoms with Crippen molar-refractivity contribution in [3.8, 4) is 5.95 Å². The fourth-order valence-electron chi connectivity index (χ4n) is 3.06. The molecule has 0 saturated heterocycles. The van der Waals surface area contributed by atoms with Crippen molar-refractivity contribution in [3.05, 3.63) is 59.5 Å². The Morgan fingerprint density at radius 3 is 2.50 bits per heavy atom. The first kappa shape index (κ1) is 18.0. The highest BCUT2D eigenvalue weighted by Crippen LogP contribution is 2.32. The van der Waals surface area contributed by atoms with E-state index in [-0.39, 0.29) is 5.69 Å². The summed E-state index contributed by atoms with van der Waals surface area (Å²) < 4.78 is 42.5. The van der Waals surface area contributed by atoms with Gasteiger partial charge in [-0.1, -0.05) is 6.07 Å². The Balaban J connectivity index is 1.84. The van der Waals surface area contributed by atoms with Crippen LogP contribution >= 0.6 is 0 Å². The number of aromatic nitrogens is 5. The van der Waals surface area contributed by atoms with E-state index in [4.69, 9.17) is 0 Å². The number of aryl methyl sites for hydroxylation is 3. The normalized spacial score (nSPS) is 11.9. The van der Waals surface area contributed by atoms with Gasteiger partial charge in [0.15, 0.2) is 0 Å². The molecule has 3 aromatic heterocycles. The van der Waals surface area contributed by atoms with E-state index in [0.29, 0.717) is 22.8 Å². The second-order valence-electron chi connectivity index (χ2n) is 6.58. The molecule has 0 bridgehead atoms. The number of anilines is 2. The van der Waals surface area contributed by atoms with Crippen molar-refractivity contribution in [1.82, 2.24) is 24.3 Å². The highest BCUT2D eigenvalue weighted by Gasteiger charge is 2.30. The van der Waals surface area contributed by atoms with Gasteiger partial charge in [0.1, 0.15) is 11.5 Å². The first-order chi connectivity index (χ1) is 13.2. The number of rotatable bonds is 3. The molecular formula is C19H17F3N6. The molecule has 1 N–H and O–H groups in total. The van der Waals surface area contributed by atoms with Crippen LogP contribution in [0.4, 0.5) is 24.7 Å². The lowest BCUT2D eigenvalue weighted by atomic mass is 10.2. The van der Waals surface area contributed by atoms with E-state index >= 15 is 0 Å². The Morgan fingerprint density at radius 2 is 1.82 bits per heavy atom. The lowest BCUT2D eigenvalue weighted by Crippen LogP contribution is -2.09. The quantitative estimate of drug-likeness (QED) is 0.562. The zero-order valence-electron chi connectivity index (χ0n) is 15.4. The zero-order valence-corrected chi connectivity index (χ0v) is 15.4. The molecule has 0 aliphatic heterocycles. The minimum atomic E-state index is -4.42. The molecule has 0 amide bonds. The maximum Gasteiger partial charge on any atom is 0.416 e. The van der Waals surface area contributed by atoms with Crippen molar-refractivity contribution < 1.29 is 13.2 Å². The van der Waals surface area contributed by atoms with Crippen LogP contribution in [0.2, 0.25) is 0 Å². The van der Waals surface area contributed by atoms with Gasteiger partial charge in [-0.25, -0.2) is 4.68 Å². The van der Waals surface area contributed by atoms with Gasteiger partial charge in [0.2, 0.25) is 0 Å². The predicted molar refractivity (Wildman–Crippen MR) is 99.8 cm³/mol. The van der Waals surface area contributed by atoms with Crippen molar-refractivity contribution in [2.24, 2.45) is 7.05 Å². The Bertz CT molecular complexity index is 1170. The fourth-order valence-corrected chi connectivity index (χ4v) is 3.06. The number of nitrogens with zero attached hydrogens (tertiary/aromatic N) is 5. The first-order valence-corrected chi connectivity index (χ1v) is 8.53. The van der Waals surface area contributed by atoms with Crippen LogP contribution in [0.25, 0.3) is 17.0 Å². The largest absolute Gasteiger partial charge is 0.416 e. The second kappa shape index (κ2) is 6.36. The number of alkyl halides is 3. The molecule has 0 atom stereocenters. The summed E-state index contributed by atoms with van der Waals surface area (Å²) in [6, 6.07) is 8.73. The maximum absolute atomic E-state index is 13.0. The Hall–Kier alpha value is -3.36. The van der Waals surface area contributed by atoms with E-state index in [1.165, 1.54) is 6.07 Å². The van der Waals surface area contributed by atoms with Crippen molar-refractivity contribution in [2.75, 3.05) is 5.32 Å². The van der Waals surface area contributed by atoms with Gasteiger partial charge in [0.25, 0.3) is 5.95 Å². The van der Waals surface area contributed by atoms with E-state index in [9.17, 15) is 13.2 Å². The standard InChI is InChI=1S/C19H17F3N6/c1-11-9-12(2)28(26-11)18-24-16(15-7-8-27(3)17(15)25-18)23-14-6-4-5-13(10-14)19(20,21)22/h4-10H,1-3H3,(H,23,24,25). The summed E-state index contributed by atoms with van der Waals surface area (Å²) in [7, 11) is 1.84. The van der Waals surface area contributed by atoms with Gasteiger partial charge in [-0.05, 0) is 44.2 Å². The van der Waals surface area contributed by atoms with Crippen LogP contribution < -0.4 is 5.32 Å². The molecule has 28 heavy (non-hydrogen) atoms. The SMILES string of the molecule is Cc1cc(C)n(-c2nc(Nc3cccc(C(F)(F)F)c3)c3ccn(C)c3n2)n1. The molecule has 0 unspecified atom stereocenters. The van der Waals surface area contributed by atoms with Crippen LogP contribution in [0, 0.1) is 13.8 Å². The number of hydrogen-bond donors (Lipinski definition) is 1. The van der Waals surface area contributed by atoms with Crippen LogP contribution in [-0.2, 0) is 13.2 Å². The molecular weight excluding hydrogens is 369 g/mol. The number of benzene rings is 1. The molecule has 0 saturated carbocycles. The third-order valence-electron chi connectivity index (χ3n) is 4.36. The van der Waals surface area contributed by atoms with Gasteiger partial charge >= 0.3 is 6.18 Å². The topological polar surface area (TPSA) is 60.6 Å². The molecule has 144 valence electrons. The van der Waals surface area contributed by atoms with E-state index in [0.717, 1.165) is 23.5 Å². The van der Waals surface area contributed by atoms with Gasteiger partial charge in [-0.3, -0.25) is 0 Å². The summed E-state index contributed by atoms with van der Waals surface area (Å²) >= 11 is 0. The Morgan fingerprint density at radius 1 is 1.04 bits per heavy atom. The molecule has 0 fully saturated rings. The van der Waals surface area contributed by atoms with Gasteiger partial charge in [-0.2, -0.15) is 28.2 Å². The molecule has 3 heterocycles. The molecule has 4 rings (SSSR count). The van der Waals surface area contributed by atoms with Gasteiger partial charge < -0.3 is 9.88 Å². The van der Waals surface area contributed by atoms with Crippen molar-refractivity contribution in [3.63, 3.8) is 0 Å². The Labute approximate surface area is 158 Å². The average Bonchev–Trinajstić information content (AvgIpc) is 3.16. The molecule has 4 aromatic rings. The average molecular weight is 386 g/mol. The first-order valence-electron chi connectivity index (χ1n) is 8.53. The van der Waals surface area contributed by atoms with Crippen molar-refractivity contribution >= 4 is 22.5 Å². The monoisotopic (exact) mass is 386 g/mol. The van der Waals surface area contributed by atoms with Crippen LogP contribution in [-0.4, -0.2) is 24.3 Å². The Kier molecular flexibility index (Phi) is 4.10. The number of hydrogen-bond acceptors (Lipinski definition) is 4. The molecule has 0 aliphatic rings. The summed E-state index contributed by atoms with van der Waals surface area (Å²) in [6.07, 6.45) is -2.60. The van der Waals surface area contributed by atoms with E-state index in [2.05, 4.69) is 20.4 Å². The summed E-state index contributed by atoms with van der Waals surface area (Å²) in [5, 5.41) is 8.10. The van der Waals surface area contributed by atoms with Crippen LogP contribution in [0.5, 0.6) is 0 Å². The third kappa shape index (κ3) is 3.19. The molecule has 1 aromatic carbocycles. The molecule has 6 nitrogen and oxygen atoms in total. The molecule has 9 heteroatoms. The summed E-state index contributed by atoms with van der Waals surface area (Å²) in [5.41, 5.74) is 1.89. The van der Waals surface area contributed by atoms with Crippen LogP contribution in [0.1, 0.15) is 17.0 Å². The van der Waals surface area contributed by atoms with Gasteiger partial charge in [0, 0.05) is 24.6 Å². The zero-order chi connectivity index (χ0) is 20.1. The van der Waals surface area contributed by atoms with Crippen molar-refractivity contribution in [2.45, 2.75) is 20.0 Å². The second-order valence-corrected chi connectivity index (χ2v) is 6.58. The van der Waals surface area contributed by atoms with E-state index in [1.807, 2.05) is 43.8 Å². The molecule has 0 aliphatic carbocycles. The lowest BCUT2D eigenvalue weighted by molar-refractivity contribution is -0.137. The predicted octanol–water partition coefficient (Wildman–Crippen LogP) is 4.53. The summed E-state index contributed by atoms with van der Waals surface area (Å²) in [4.78, 5) is 9.10. The van der Waals surface area contributed by atoms with Crippen molar-refractivity contribution in [1.29, 1.82) is 0 Å².